The minimum atomic E-state index is -0.0325. The van der Waals surface area contributed by atoms with Gasteiger partial charge in [-0.25, -0.2) is 4.79 Å². The summed E-state index contributed by atoms with van der Waals surface area (Å²) in [6.45, 7) is 7.92. The number of aryl methyl sites for hydroxylation is 1. The van der Waals surface area contributed by atoms with E-state index in [2.05, 4.69) is 34.7 Å². The predicted octanol–water partition coefficient (Wildman–Crippen LogP) is 3.93. The Labute approximate surface area is 185 Å². The molecular formula is C25H34N4O2. The molecule has 1 aromatic heterocycles. The third-order valence-corrected chi connectivity index (χ3v) is 6.79. The number of Topliss-reactive ketones (excluding diaryl/α,β-unsaturated/α-hetero) is 1. The molecule has 0 spiro atoms. The first kappa shape index (κ1) is 21.6. The lowest BCUT2D eigenvalue weighted by Crippen LogP contribution is -2.52. The third-order valence-electron chi connectivity index (χ3n) is 6.79. The highest BCUT2D eigenvalue weighted by Gasteiger charge is 2.26. The number of hydrogen-bond donors (Lipinski definition) is 1. The molecule has 0 unspecified atom stereocenters. The second kappa shape index (κ2) is 9.69. The molecule has 1 saturated carbocycles. The number of carbonyl (C=O) groups is 2. The van der Waals surface area contributed by atoms with Gasteiger partial charge in [0.15, 0.2) is 5.78 Å². The van der Waals surface area contributed by atoms with E-state index < -0.39 is 0 Å². The summed E-state index contributed by atoms with van der Waals surface area (Å²) >= 11 is 0. The van der Waals surface area contributed by atoms with Crippen molar-refractivity contribution in [2.24, 2.45) is 0 Å². The zero-order valence-electron chi connectivity index (χ0n) is 18.8. The highest BCUT2D eigenvalue weighted by molar-refractivity contribution is 5.99. The molecule has 1 aliphatic heterocycles. The van der Waals surface area contributed by atoms with E-state index in [0.717, 1.165) is 29.9 Å². The Kier molecular flexibility index (Phi) is 6.76. The van der Waals surface area contributed by atoms with Crippen LogP contribution in [0.25, 0.3) is 0 Å². The Bertz CT molecular complexity index is 907. The topological polar surface area (TPSA) is 57.6 Å². The summed E-state index contributed by atoms with van der Waals surface area (Å²) in [6.07, 6.45) is 5.01. The minimum Gasteiger partial charge on any atom is -0.345 e. The van der Waals surface area contributed by atoms with Crippen molar-refractivity contribution in [1.29, 1.82) is 0 Å². The summed E-state index contributed by atoms with van der Waals surface area (Å²) in [5.74, 6) is 0.194. The summed E-state index contributed by atoms with van der Waals surface area (Å²) in [5.41, 5.74) is 4.28. The lowest BCUT2D eigenvalue weighted by Gasteiger charge is -2.34. The van der Waals surface area contributed by atoms with Gasteiger partial charge in [-0.3, -0.25) is 9.69 Å². The van der Waals surface area contributed by atoms with Crippen molar-refractivity contribution >= 4 is 11.8 Å². The van der Waals surface area contributed by atoms with Crippen molar-refractivity contribution in [3.8, 4) is 0 Å². The molecule has 1 aromatic carbocycles. The number of amides is 2. The first-order valence-electron chi connectivity index (χ1n) is 11.5. The summed E-state index contributed by atoms with van der Waals surface area (Å²) in [4.78, 5) is 29.5. The molecule has 166 valence electrons. The molecule has 1 N–H and O–H groups in total. The highest BCUT2D eigenvalue weighted by atomic mass is 16.2. The molecule has 6 nitrogen and oxygen atoms in total. The minimum absolute atomic E-state index is 0.0325. The van der Waals surface area contributed by atoms with Crippen LogP contribution in [0.4, 0.5) is 4.79 Å². The van der Waals surface area contributed by atoms with Crippen LogP contribution in [0.3, 0.4) is 0 Å². The highest BCUT2D eigenvalue weighted by Crippen LogP contribution is 2.33. The summed E-state index contributed by atoms with van der Waals surface area (Å²) in [6, 6.07) is 12.5. The van der Waals surface area contributed by atoms with Gasteiger partial charge in [0, 0.05) is 55.7 Å². The molecule has 0 bridgehead atoms. The third kappa shape index (κ3) is 5.01. The Morgan fingerprint density at radius 2 is 1.68 bits per heavy atom. The lowest BCUT2D eigenvalue weighted by molar-refractivity contribution is 0.0877. The number of nitrogens with zero attached hydrogens (tertiary/aromatic N) is 3. The summed E-state index contributed by atoms with van der Waals surface area (Å²) in [5, 5.41) is 2.99. The fourth-order valence-corrected chi connectivity index (χ4v) is 5.07. The maximum absolute atomic E-state index is 13.0. The van der Waals surface area contributed by atoms with Gasteiger partial charge in [-0.2, -0.15) is 0 Å². The van der Waals surface area contributed by atoms with E-state index in [9.17, 15) is 9.59 Å². The normalized spacial score (nSPS) is 17.8. The van der Waals surface area contributed by atoms with Gasteiger partial charge in [0.05, 0.1) is 6.54 Å². The molecule has 2 amide bonds. The fourth-order valence-electron chi connectivity index (χ4n) is 5.07. The maximum Gasteiger partial charge on any atom is 0.317 e. The van der Waals surface area contributed by atoms with E-state index in [0.29, 0.717) is 32.2 Å². The van der Waals surface area contributed by atoms with Gasteiger partial charge < -0.3 is 14.8 Å². The van der Waals surface area contributed by atoms with E-state index in [4.69, 9.17) is 0 Å². The van der Waals surface area contributed by atoms with E-state index in [1.807, 2.05) is 35.2 Å². The van der Waals surface area contributed by atoms with E-state index in [1.54, 1.807) is 0 Å². The number of urea groups is 1. The van der Waals surface area contributed by atoms with E-state index >= 15 is 0 Å². The first-order chi connectivity index (χ1) is 15.0. The predicted molar refractivity (Wildman–Crippen MR) is 122 cm³/mol. The van der Waals surface area contributed by atoms with Crippen molar-refractivity contribution in [3.05, 3.63) is 58.9 Å². The average molecular weight is 423 g/mol. The van der Waals surface area contributed by atoms with Crippen LogP contribution < -0.4 is 5.32 Å². The molecule has 2 aromatic rings. The first-order valence-corrected chi connectivity index (χ1v) is 11.5. The molecular weight excluding hydrogens is 388 g/mol. The van der Waals surface area contributed by atoms with Crippen molar-refractivity contribution < 1.29 is 9.59 Å². The molecule has 2 fully saturated rings. The number of rotatable bonds is 6. The van der Waals surface area contributed by atoms with E-state index in [-0.39, 0.29) is 11.8 Å². The zero-order valence-corrected chi connectivity index (χ0v) is 18.8. The quantitative estimate of drug-likeness (QED) is 0.718. The number of nitrogens with one attached hydrogen (secondary N) is 1. The number of hydrogen-bond acceptors (Lipinski definition) is 3. The second-order valence-electron chi connectivity index (χ2n) is 8.92. The Morgan fingerprint density at radius 1 is 1.00 bits per heavy atom. The van der Waals surface area contributed by atoms with Crippen LogP contribution in [0.2, 0.25) is 0 Å². The van der Waals surface area contributed by atoms with Crippen LogP contribution in [0, 0.1) is 13.8 Å². The van der Waals surface area contributed by atoms with Crippen LogP contribution in [0.5, 0.6) is 0 Å². The van der Waals surface area contributed by atoms with Gasteiger partial charge in [0.1, 0.15) is 0 Å². The summed E-state index contributed by atoms with van der Waals surface area (Å²) < 4.78 is 2.38. The van der Waals surface area contributed by atoms with Crippen molar-refractivity contribution in [2.45, 2.75) is 52.1 Å². The van der Waals surface area contributed by atoms with Crippen molar-refractivity contribution in [2.75, 3.05) is 32.7 Å². The lowest BCUT2D eigenvalue weighted by atomic mass is 10.1. The van der Waals surface area contributed by atoms with E-state index in [1.165, 1.54) is 31.4 Å². The maximum atomic E-state index is 13.0. The fraction of sp³-hybridized carbons (Fsp3) is 0.520. The van der Waals surface area contributed by atoms with Gasteiger partial charge >= 0.3 is 6.03 Å². The smallest absolute Gasteiger partial charge is 0.317 e. The van der Waals surface area contributed by atoms with Gasteiger partial charge in [-0.15, -0.1) is 0 Å². The molecule has 2 aliphatic rings. The average Bonchev–Trinajstić information content (AvgIpc) is 3.40. The zero-order chi connectivity index (χ0) is 21.8. The monoisotopic (exact) mass is 422 g/mol. The molecule has 0 atom stereocenters. The van der Waals surface area contributed by atoms with Gasteiger partial charge in [0.25, 0.3) is 0 Å². The number of carbonyl (C=O) groups excluding carboxylic acids is 2. The molecule has 1 aliphatic carbocycles. The number of ketones is 1. The van der Waals surface area contributed by atoms with Gasteiger partial charge in [-0.1, -0.05) is 43.2 Å². The van der Waals surface area contributed by atoms with Gasteiger partial charge in [0.2, 0.25) is 0 Å². The molecule has 2 heterocycles. The Balaban J connectivity index is 1.27. The molecule has 1 saturated heterocycles. The molecule has 0 radical (unpaired) electrons. The molecule has 6 heteroatoms. The van der Waals surface area contributed by atoms with Crippen LogP contribution in [-0.2, 0) is 6.54 Å². The Hall–Kier alpha value is -2.60. The number of aromatic nitrogens is 1. The van der Waals surface area contributed by atoms with Crippen LogP contribution >= 0.6 is 0 Å². The van der Waals surface area contributed by atoms with Crippen molar-refractivity contribution in [1.82, 2.24) is 19.7 Å². The van der Waals surface area contributed by atoms with Crippen LogP contribution in [0.15, 0.2) is 36.4 Å². The van der Waals surface area contributed by atoms with Crippen LogP contribution in [0.1, 0.15) is 59.0 Å². The number of benzene rings is 1. The SMILES string of the molecule is Cc1cc(C(=O)CN2CCN(C(=O)NCc3ccccc3)CC2)c(C)n1C1CCCC1. The van der Waals surface area contributed by atoms with Crippen molar-refractivity contribution in [3.63, 3.8) is 0 Å². The molecule has 31 heavy (non-hydrogen) atoms. The number of piperazine rings is 1. The van der Waals surface area contributed by atoms with Crippen LogP contribution in [-0.4, -0.2) is 58.9 Å². The Morgan fingerprint density at radius 3 is 2.35 bits per heavy atom. The second-order valence-corrected chi connectivity index (χ2v) is 8.92. The largest absolute Gasteiger partial charge is 0.345 e. The molecule has 4 rings (SSSR count). The summed E-state index contributed by atoms with van der Waals surface area (Å²) in [7, 11) is 0. The standard InChI is InChI=1S/C25H34N4O2/c1-19-16-23(20(2)29(19)22-10-6-7-11-22)24(30)18-27-12-14-28(15-13-27)25(31)26-17-21-8-4-3-5-9-21/h3-5,8-9,16,22H,6-7,10-15,17-18H2,1-2H3,(H,26,31). The van der Waals surface area contributed by atoms with Gasteiger partial charge in [-0.05, 0) is 38.3 Å².